The van der Waals surface area contributed by atoms with Crippen LogP contribution >= 0.6 is 0 Å². The summed E-state index contributed by atoms with van der Waals surface area (Å²) in [6, 6.07) is 0.694. The van der Waals surface area contributed by atoms with Crippen LogP contribution in [0.2, 0.25) is 0 Å². The van der Waals surface area contributed by atoms with Gasteiger partial charge >= 0.3 is 0 Å². The van der Waals surface area contributed by atoms with Crippen LogP contribution in [0.25, 0.3) is 0 Å². The van der Waals surface area contributed by atoms with Crippen molar-refractivity contribution in [2.75, 3.05) is 13.7 Å². The minimum Gasteiger partial charge on any atom is -0.493 e. The van der Waals surface area contributed by atoms with Crippen molar-refractivity contribution in [3.63, 3.8) is 0 Å². The van der Waals surface area contributed by atoms with Gasteiger partial charge in [-0.2, -0.15) is 5.10 Å². The molecule has 1 N–H and O–H groups in total. The van der Waals surface area contributed by atoms with Gasteiger partial charge in [0.05, 0.1) is 25.0 Å². The molecule has 0 aromatic carbocycles. The van der Waals surface area contributed by atoms with Crippen LogP contribution in [0.3, 0.4) is 0 Å². The highest BCUT2D eigenvalue weighted by atomic mass is 16.5. The van der Waals surface area contributed by atoms with Crippen molar-refractivity contribution in [2.45, 2.75) is 59.0 Å². The monoisotopic (exact) mass is 265 g/mol. The quantitative estimate of drug-likeness (QED) is 0.822. The lowest BCUT2D eigenvalue weighted by molar-refractivity contribution is 0.317. The Hall–Kier alpha value is -1.03. The predicted octanol–water partition coefficient (Wildman–Crippen LogP) is 3.31. The topological polar surface area (TPSA) is 39.1 Å². The fraction of sp³-hybridized carbons (Fsp3) is 0.800. The van der Waals surface area contributed by atoms with Crippen LogP contribution in [0.5, 0.6) is 5.75 Å². The zero-order valence-corrected chi connectivity index (χ0v) is 12.9. The molecule has 1 unspecified atom stereocenters. The molecule has 108 valence electrons. The number of hydrogen-bond donors (Lipinski definition) is 1. The Balaban J connectivity index is 2.36. The first kappa shape index (κ1) is 14.4. The zero-order chi connectivity index (χ0) is 14.0. The van der Waals surface area contributed by atoms with Gasteiger partial charge in [-0.05, 0) is 45.1 Å². The Labute approximate surface area is 116 Å². The highest BCUT2D eigenvalue weighted by molar-refractivity contribution is 5.31. The van der Waals surface area contributed by atoms with E-state index in [9.17, 15) is 0 Å². The second kappa shape index (κ2) is 5.53. The Morgan fingerprint density at radius 1 is 1.47 bits per heavy atom. The Kier molecular flexibility index (Phi) is 4.19. The average molecular weight is 265 g/mol. The number of rotatable bonds is 7. The van der Waals surface area contributed by atoms with E-state index >= 15 is 0 Å². The molecule has 4 heteroatoms. The molecule has 2 rings (SSSR count). The van der Waals surface area contributed by atoms with Gasteiger partial charge in [0.2, 0.25) is 0 Å². The molecule has 0 bridgehead atoms. The molecule has 1 saturated carbocycles. The standard InChI is InChI=1S/C15H27N3O/c1-6-9-16-14(15(4)7-8-15)13-12(19-5)10-17-18(13)11(2)3/h10-11,14,16H,6-9H2,1-5H3. The molecule has 1 aliphatic carbocycles. The normalized spacial score (nSPS) is 18.6. The lowest BCUT2D eigenvalue weighted by Gasteiger charge is -2.27. The van der Waals surface area contributed by atoms with Crippen molar-refractivity contribution in [1.82, 2.24) is 15.1 Å². The predicted molar refractivity (Wildman–Crippen MR) is 77.5 cm³/mol. The third-order valence-electron chi connectivity index (χ3n) is 4.12. The van der Waals surface area contributed by atoms with E-state index in [-0.39, 0.29) is 0 Å². The van der Waals surface area contributed by atoms with Gasteiger partial charge in [-0.15, -0.1) is 0 Å². The molecule has 1 aromatic heterocycles. The van der Waals surface area contributed by atoms with Gasteiger partial charge in [0.25, 0.3) is 0 Å². The summed E-state index contributed by atoms with van der Waals surface area (Å²) in [6.07, 6.45) is 5.55. The number of ether oxygens (including phenoxy) is 1. The van der Waals surface area contributed by atoms with Crippen LogP contribution in [0.15, 0.2) is 6.20 Å². The van der Waals surface area contributed by atoms with E-state index in [2.05, 4.69) is 42.8 Å². The van der Waals surface area contributed by atoms with Gasteiger partial charge in [0, 0.05) is 6.04 Å². The maximum atomic E-state index is 5.54. The first-order chi connectivity index (χ1) is 9.03. The summed E-state index contributed by atoms with van der Waals surface area (Å²) in [7, 11) is 1.73. The Bertz CT molecular complexity index is 421. The Morgan fingerprint density at radius 2 is 2.16 bits per heavy atom. The van der Waals surface area contributed by atoms with Crippen LogP contribution in [0.4, 0.5) is 0 Å². The first-order valence-electron chi connectivity index (χ1n) is 7.38. The molecule has 0 aliphatic heterocycles. The molecule has 1 aromatic rings. The summed E-state index contributed by atoms with van der Waals surface area (Å²) in [5, 5.41) is 8.21. The van der Waals surface area contributed by atoms with Crippen LogP contribution in [0, 0.1) is 5.41 Å². The van der Waals surface area contributed by atoms with E-state index in [4.69, 9.17) is 4.74 Å². The second-order valence-electron chi connectivity index (χ2n) is 6.18. The number of aromatic nitrogens is 2. The van der Waals surface area contributed by atoms with Gasteiger partial charge in [-0.25, -0.2) is 0 Å². The third-order valence-corrected chi connectivity index (χ3v) is 4.12. The van der Waals surface area contributed by atoms with E-state index in [1.807, 2.05) is 6.20 Å². The average Bonchev–Trinajstić information content (AvgIpc) is 2.97. The van der Waals surface area contributed by atoms with Gasteiger partial charge in [-0.1, -0.05) is 13.8 Å². The van der Waals surface area contributed by atoms with E-state index in [1.54, 1.807) is 7.11 Å². The van der Waals surface area contributed by atoms with Gasteiger partial charge in [0.15, 0.2) is 5.75 Å². The van der Waals surface area contributed by atoms with Crippen molar-refractivity contribution in [1.29, 1.82) is 0 Å². The van der Waals surface area contributed by atoms with E-state index < -0.39 is 0 Å². The molecule has 1 heterocycles. The Morgan fingerprint density at radius 3 is 2.63 bits per heavy atom. The molecule has 1 aliphatic rings. The van der Waals surface area contributed by atoms with Gasteiger partial charge in [-0.3, -0.25) is 4.68 Å². The van der Waals surface area contributed by atoms with Gasteiger partial charge in [0.1, 0.15) is 0 Å². The van der Waals surface area contributed by atoms with E-state index in [1.165, 1.54) is 18.5 Å². The van der Waals surface area contributed by atoms with Crippen molar-refractivity contribution < 1.29 is 4.74 Å². The molecule has 4 nitrogen and oxygen atoms in total. The highest BCUT2D eigenvalue weighted by Crippen LogP contribution is 2.55. The van der Waals surface area contributed by atoms with Crippen molar-refractivity contribution in [2.24, 2.45) is 5.41 Å². The second-order valence-corrected chi connectivity index (χ2v) is 6.18. The lowest BCUT2D eigenvalue weighted by Crippen LogP contribution is -2.31. The molecular formula is C15H27N3O. The molecule has 1 fully saturated rings. The van der Waals surface area contributed by atoms with Crippen molar-refractivity contribution in [3.8, 4) is 5.75 Å². The van der Waals surface area contributed by atoms with Crippen LogP contribution in [0.1, 0.15) is 64.7 Å². The maximum absolute atomic E-state index is 5.54. The molecule has 19 heavy (non-hydrogen) atoms. The molecule has 0 radical (unpaired) electrons. The number of nitrogens with zero attached hydrogens (tertiary/aromatic N) is 2. The summed E-state index contributed by atoms with van der Waals surface area (Å²) in [5.74, 6) is 0.912. The summed E-state index contributed by atoms with van der Waals surface area (Å²) < 4.78 is 7.64. The zero-order valence-electron chi connectivity index (χ0n) is 12.9. The van der Waals surface area contributed by atoms with Crippen LogP contribution in [-0.2, 0) is 0 Å². The molecule has 0 amide bonds. The minimum absolute atomic E-state index is 0.340. The molecule has 0 saturated heterocycles. The van der Waals surface area contributed by atoms with Crippen molar-refractivity contribution in [3.05, 3.63) is 11.9 Å². The number of nitrogens with one attached hydrogen (secondary N) is 1. The maximum Gasteiger partial charge on any atom is 0.161 e. The smallest absolute Gasteiger partial charge is 0.161 e. The van der Waals surface area contributed by atoms with Gasteiger partial charge < -0.3 is 10.1 Å². The summed E-state index contributed by atoms with van der Waals surface area (Å²) >= 11 is 0. The van der Waals surface area contributed by atoms with Crippen molar-refractivity contribution >= 4 is 0 Å². The fourth-order valence-electron chi connectivity index (χ4n) is 2.65. The first-order valence-corrected chi connectivity index (χ1v) is 7.38. The minimum atomic E-state index is 0.340. The lowest BCUT2D eigenvalue weighted by atomic mass is 9.94. The molecular weight excluding hydrogens is 238 g/mol. The fourth-order valence-corrected chi connectivity index (χ4v) is 2.65. The molecule has 0 spiro atoms. The third kappa shape index (κ3) is 2.78. The van der Waals surface area contributed by atoms with Crippen LogP contribution in [-0.4, -0.2) is 23.4 Å². The number of methoxy groups -OCH3 is 1. The SMILES string of the molecule is CCCNC(c1c(OC)cnn1C(C)C)C1(C)CC1. The highest BCUT2D eigenvalue weighted by Gasteiger charge is 2.47. The summed E-state index contributed by atoms with van der Waals surface area (Å²) in [6.45, 7) is 9.94. The summed E-state index contributed by atoms with van der Waals surface area (Å²) in [4.78, 5) is 0. The largest absolute Gasteiger partial charge is 0.493 e. The van der Waals surface area contributed by atoms with E-state index in [0.29, 0.717) is 17.5 Å². The van der Waals surface area contributed by atoms with E-state index in [0.717, 1.165) is 18.7 Å². The molecule has 1 atom stereocenters. The van der Waals surface area contributed by atoms with Crippen LogP contribution < -0.4 is 10.1 Å². The summed E-state index contributed by atoms with van der Waals surface area (Å²) in [5.41, 5.74) is 1.57. The number of hydrogen-bond acceptors (Lipinski definition) is 3.